The zero-order valence-electron chi connectivity index (χ0n) is 13.5. The number of halogens is 1. The van der Waals surface area contributed by atoms with Crippen LogP contribution in [0.15, 0.2) is 35.8 Å². The molecule has 0 aliphatic rings. The van der Waals surface area contributed by atoms with Gasteiger partial charge < -0.3 is 10.2 Å². The van der Waals surface area contributed by atoms with Gasteiger partial charge in [0.05, 0.1) is 0 Å². The lowest BCUT2D eigenvalue weighted by Crippen LogP contribution is -2.38. The number of nitrogens with one attached hydrogen (secondary N) is 1. The van der Waals surface area contributed by atoms with Gasteiger partial charge in [-0.2, -0.15) is 0 Å². The lowest BCUT2D eigenvalue weighted by molar-refractivity contribution is -0.116. The fourth-order valence-corrected chi connectivity index (χ4v) is 2.96. The lowest BCUT2D eigenvalue weighted by Gasteiger charge is -2.22. The number of thiazole rings is 1. The number of aromatic nitrogens is 1. The van der Waals surface area contributed by atoms with Gasteiger partial charge in [-0.1, -0.05) is 37.4 Å². The quantitative estimate of drug-likeness (QED) is 0.717. The van der Waals surface area contributed by atoms with Gasteiger partial charge in [-0.25, -0.2) is 4.98 Å². The maximum absolute atomic E-state index is 12.7. The van der Waals surface area contributed by atoms with Gasteiger partial charge in [0.15, 0.2) is 5.13 Å². The van der Waals surface area contributed by atoms with Gasteiger partial charge in [-0.3, -0.25) is 9.59 Å². The van der Waals surface area contributed by atoms with Crippen LogP contribution in [0.2, 0.25) is 5.02 Å². The van der Waals surface area contributed by atoms with Crippen LogP contribution in [0.5, 0.6) is 0 Å². The molecular formula is C17H20ClN3O2S. The Hall–Kier alpha value is -1.92. The summed E-state index contributed by atoms with van der Waals surface area (Å²) in [6.45, 7) is 2.62. The topological polar surface area (TPSA) is 62.3 Å². The summed E-state index contributed by atoms with van der Waals surface area (Å²) in [5.41, 5.74) is 0.487. The van der Waals surface area contributed by atoms with E-state index >= 15 is 0 Å². The summed E-state index contributed by atoms with van der Waals surface area (Å²) in [7, 11) is 0. The van der Waals surface area contributed by atoms with Crippen LogP contribution in [0.3, 0.4) is 0 Å². The predicted octanol–water partition coefficient (Wildman–Crippen LogP) is 4.07. The van der Waals surface area contributed by atoms with Crippen molar-refractivity contribution in [2.45, 2.75) is 26.2 Å². The number of hydrogen-bond donors (Lipinski definition) is 1. The molecule has 0 radical (unpaired) electrons. The van der Waals surface area contributed by atoms with Gasteiger partial charge in [0.2, 0.25) is 5.91 Å². The summed E-state index contributed by atoms with van der Waals surface area (Å²) in [5, 5.41) is 5.53. The third kappa shape index (κ3) is 5.62. The highest BCUT2D eigenvalue weighted by molar-refractivity contribution is 7.13. The molecule has 0 bridgehead atoms. The molecular weight excluding hydrogens is 346 g/mol. The minimum absolute atomic E-state index is 0.00532. The van der Waals surface area contributed by atoms with Crippen molar-refractivity contribution < 1.29 is 9.59 Å². The molecule has 7 heteroatoms. The minimum Gasteiger partial charge on any atom is -0.329 e. The zero-order chi connectivity index (χ0) is 17.4. The lowest BCUT2D eigenvalue weighted by atomic mass is 10.1. The molecule has 0 unspecified atom stereocenters. The summed E-state index contributed by atoms with van der Waals surface area (Å²) in [5.74, 6) is -0.445. The monoisotopic (exact) mass is 365 g/mol. The molecule has 5 nitrogen and oxygen atoms in total. The molecule has 2 aromatic rings. The first-order valence-corrected chi connectivity index (χ1v) is 9.10. The van der Waals surface area contributed by atoms with Crippen molar-refractivity contribution >= 4 is 39.9 Å². The van der Waals surface area contributed by atoms with Gasteiger partial charge in [-0.15, -0.1) is 11.3 Å². The molecule has 0 spiro atoms. The zero-order valence-corrected chi connectivity index (χ0v) is 15.1. The van der Waals surface area contributed by atoms with E-state index in [1.54, 1.807) is 40.7 Å². The van der Waals surface area contributed by atoms with Crippen molar-refractivity contribution in [2.24, 2.45) is 0 Å². The second-order valence-corrected chi connectivity index (χ2v) is 6.66. The van der Waals surface area contributed by atoms with E-state index in [1.165, 1.54) is 11.3 Å². The SMILES string of the molecule is CCCCCN(CC(=O)Nc1nccs1)C(=O)c1cccc(Cl)c1. The Morgan fingerprint density at radius 1 is 1.33 bits per heavy atom. The highest BCUT2D eigenvalue weighted by Gasteiger charge is 2.19. The van der Waals surface area contributed by atoms with E-state index in [2.05, 4.69) is 17.2 Å². The number of nitrogens with zero attached hydrogens (tertiary/aromatic N) is 2. The highest BCUT2D eigenvalue weighted by Crippen LogP contribution is 2.14. The average molecular weight is 366 g/mol. The van der Waals surface area contributed by atoms with E-state index in [-0.39, 0.29) is 18.4 Å². The van der Waals surface area contributed by atoms with Crippen molar-refractivity contribution in [1.82, 2.24) is 9.88 Å². The van der Waals surface area contributed by atoms with E-state index in [0.29, 0.717) is 22.3 Å². The smallest absolute Gasteiger partial charge is 0.254 e. The molecule has 0 saturated carbocycles. The van der Waals surface area contributed by atoms with Crippen LogP contribution in [-0.4, -0.2) is 34.8 Å². The second kappa shape index (κ2) is 9.39. The fourth-order valence-electron chi connectivity index (χ4n) is 2.23. The largest absolute Gasteiger partial charge is 0.329 e. The molecule has 2 amide bonds. The maximum atomic E-state index is 12.7. The van der Waals surface area contributed by atoms with Crippen LogP contribution in [0.4, 0.5) is 5.13 Å². The molecule has 24 heavy (non-hydrogen) atoms. The number of unbranched alkanes of at least 4 members (excludes halogenated alkanes) is 2. The summed E-state index contributed by atoms with van der Waals surface area (Å²) >= 11 is 7.31. The maximum Gasteiger partial charge on any atom is 0.254 e. The van der Waals surface area contributed by atoms with Gasteiger partial charge in [0.25, 0.3) is 5.91 Å². The Balaban J connectivity index is 2.05. The normalized spacial score (nSPS) is 10.4. The first kappa shape index (κ1) is 18.4. The Morgan fingerprint density at radius 2 is 2.17 bits per heavy atom. The number of carbonyl (C=O) groups excluding carboxylic acids is 2. The van der Waals surface area contributed by atoms with E-state index in [0.717, 1.165) is 19.3 Å². The molecule has 1 N–H and O–H groups in total. The first-order chi connectivity index (χ1) is 11.6. The molecule has 1 heterocycles. The molecule has 0 saturated heterocycles. The van der Waals surface area contributed by atoms with Crippen LogP contribution in [-0.2, 0) is 4.79 Å². The van der Waals surface area contributed by atoms with Crippen LogP contribution in [0, 0.1) is 0 Å². The van der Waals surface area contributed by atoms with Gasteiger partial charge in [0, 0.05) is 28.7 Å². The summed E-state index contributed by atoms with van der Waals surface area (Å²) < 4.78 is 0. The van der Waals surface area contributed by atoms with E-state index < -0.39 is 0 Å². The van der Waals surface area contributed by atoms with Gasteiger partial charge >= 0.3 is 0 Å². The third-order valence-electron chi connectivity index (χ3n) is 3.40. The fraction of sp³-hybridized carbons (Fsp3) is 0.353. The molecule has 0 atom stereocenters. The molecule has 0 fully saturated rings. The van der Waals surface area contributed by atoms with Crippen molar-refractivity contribution in [1.29, 1.82) is 0 Å². The number of benzene rings is 1. The number of rotatable bonds is 8. The number of carbonyl (C=O) groups is 2. The molecule has 0 aliphatic heterocycles. The number of anilines is 1. The third-order valence-corrected chi connectivity index (χ3v) is 4.33. The van der Waals surface area contributed by atoms with E-state index in [1.807, 2.05) is 0 Å². The Morgan fingerprint density at radius 3 is 2.83 bits per heavy atom. The van der Waals surface area contributed by atoms with Crippen molar-refractivity contribution in [3.05, 3.63) is 46.4 Å². The van der Waals surface area contributed by atoms with Gasteiger partial charge in [0.1, 0.15) is 6.54 Å². The molecule has 0 aliphatic carbocycles. The van der Waals surface area contributed by atoms with E-state index in [4.69, 9.17) is 11.6 Å². The van der Waals surface area contributed by atoms with Crippen LogP contribution >= 0.6 is 22.9 Å². The predicted molar refractivity (Wildman–Crippen MR) is 97.6 cm³/mol. The highest BCUT2D eigenvalue weighted by atomic mass is 35.5. The van der Waals surface area contributed by atoms with Crippen LogP contribution in [0.25, 0.3) is 0 Å². The Labute approximate surface area is 150 Å². The molecule has 128 valence electrons. The molecule has 2 rings (SSSR count). The summed E-state index contributed by atoms with van der Waals surface area (Å²) in [6, 6.07) is 6.78. The van der Waals surface area contributed by atoms with Crippen LogP contribution in [0.1, 0.15) is 36.5 Å². The number of hydrogen-bond acceptors (Lipinski definition) is 4. The Kier molecular flexibility index (Phi) is 7.21. The second-order valence-electron chi connectivity index (χ2n) is 5.33. The van der Waals surface area contributed by atoms with Crippen molar-refractivity contribution in [3.63, 3.8) is 0 Å². The van der Waals surface area contributed by atoms with Crippen LogP contribution < -0.4 is 5.32 Å². The standard InChI is InChI=1S/C17H20ClN3O2S/c1-2-3-4-9-21(12-15(22)20-17-19-8-10-24-17)16(23)13-6-5-7-14(18)11-13/h5-8,10-11H,2-4,9,12H2,1H3,(H,19,20,22). The first-order valence-electron chi connectivity index (χ1n) is 7.84. The van der Waals surface area contributed by atoms with E-state index in [9.17, 15) is 9.59 Å². The average Bonchev–Trinajstić information content (AvgIpc) is 3.06. The molecule has 1 aromatic heterocycles. The number of amides is 2. The van der Waals surface area contributed by atoms with Crippen molar-refractivity contribution in [3.8, 4) is 0 Å². The van der Waals surface area contributed by atoms with Crippen molar-refractivity contribution in [2.75, 3.05) is 18.4 Å². The molecule has 1 aromatic carbocycles. The minimum atomic E-state index is -0.253. The Bertz CT molecular complexity index is 676. The summed E-state index contributed by atoms with van der Waals surface area (Å²) in [6.07, 6.45) is 4.53. The summed E-state index contributed by atoms with van der Waals surface area (Å²) in [4.78, 5) is 30.5. The van der Waals surface area contributed by atoms with Gasteiger partial charge in [-0.05, 0) is 24.6 Å².